The average molecular weight is 397 g/mol. The van der Waals surface area contributed by atoms with E-state index < -0.39 is 16.1 Å². The standard InChI is InChI=1S/C18H28N4O4S/c1-13(18(24)22-10-8-15(9-11-22)12-19-3)21-27(25,26)17-6-4-16(5-7-17)20-14(2)23/h4-7,13,15,19,21H,8-12H2,1-3H3,(H,20,23). The van der Waals surface area contributed by atoms with Gasteiger partial charge in [0, 0.05) is 25.7 Å². The molecule has 1 atom stereocenters. The van der Waals surface area contributed by atoms with Crippen LogP contribution in [0.4, 0.5) is 5.69 Å². The van der Waals surface area contributed by atoms with Crippen molar-refractivity contribution in [3.8, 4) is 0 Å². The zero-order chi connectivity index (χ0) is 20.0. The van der Waals surface area contributed by atoms with E-state index in [-0.39, 0.29) is 16.7 Å². The van der Waals surface area contributed by atoms with Gasteiger partial charge in [0.15, 0.2) is 0 Å². The molecule has 1 aliphatic rings. The predicted octanol–water partition coefficient (Wildman–Crippen LogP) is 0.770. The average Bonchev–Trinajstić information content (AvgIpc) is 2.61. The van der Waals surface area contributed by atoms with E-state index in [1.807, 2.05) is 7.05 Å². The van der Waals surface area contributed by atoms with Crippen molar-refractivity contribution in [2.24, 2.45) is 5.92 Å². The first-order chi connectivity index (χ1) is 12.7. The van der Waals surface area contributed by atoms with Crippen molar-refractivity contribution < 1.29 is 18.0 Å². The molecule has 1 heterocycles. The molecular weight excluding hydrogens is 368 g/mol. The molecule has 0 bridgehead atoms. The van der Waals surface area contributed by atoms with Crippen LogP contribution < -0.4 is 15.4 Å². The molecular formula is C18H28N4O4S. The summed E-state index contributed by atoms with van der Waals surface area (Å²) in [6.07, 6.45) is 1.83. The fourth-order valence-corrected chi connectivity index (χ4v) is 4.39. The molecule has 9 heteroatoms. The molecule has 0 aliphatic carbocycles. The van der Waals surface area contributed by atoms with Gasteiger partial charge in [0.05, 0.1) is 10.9 Å². The van der Waals surface area contributed by atoms with Gasteiger partial charge in [-0.2, -0.15) is 4.72 Å². The van der Waals surface area contributed by atoms with E-state index in [9.17, 15) is 18.0 Å². The van der Waals surface area contributed by atoms with Crippen LogP contribution in [-0.4, -0.2) is 57.9 Å². The largest absolute Gasteiger partial charge is 0.341 e. The number of rotatable bonds is 7. The highest BCUT2D eigenvalue weighted by Crippen LogP contribution is 2.18. The van der Waals surface area contributed by atoms with E-state index in [1.165, 1.54) is 31.2 Å². The second kappa shape index (κ2) is 9.29. The smallest absolute Gasteiger partial charge is 0.241 e. The number of hydrogen-bond acceptors (Lipinski definition) is 5. The number of benzene rings is 1. The lowest BCUT2D eigenvalue weighted by atomic mass is 9.96. The van der Waals surface area contributed by atoms with Crippen LogP contribution in [0.15, 0.2) is 29.2 Å². The lowest BCUT2D eigenvalue weighted by Crippen LogP contribution is -2.49. The van der Waals surface area contributed by atoms with Crippen LogP contribution in [0.2, 0.25) is 0 Å². The molecule has 27 heavy (non-hydrogen) atoms. The van der Waals surface area contributed by atoms with Crippen molar-refractivity contribution in [1.82, 2.24) is 14.9 Å². The summed E-state index contributed by atoms with van der Waals surface area (Å²) in [5.74, 6) is 0.103. The van der Waals surface area contributed by atoms with Gasteiger partial charge in [0.1, 0.15) is 0 Å². The minimum Gasteiger partial charge on any atom is -0.341 e. The zero-order valence-corrected chi connectivity index (χ0v) is 16.8. The monoisotopic (exact) mass is 396 g/mol. The number of amides is 2. The highest BCUT2D eigenvalue weighted by atomic mass is 32.2. The van der Waals surface area contributed by atoms with E-state index in [4.69, 9.17) is 0 Å². The molecule has 2 amide bonds. The maximum atomic E-state index is 12.6. The van der Waals surface area contributed by atoms with Gasteiger partial charge in [-0.05, 0) is 63.5 Å². The number of sulfonamides is 1. The second-order valence-corrected chi connectivity index (χ2v) is 8.59. The van der Waals surface area contributed by atoms with Crippen LogP contribution in [-0.2, 0) is 19.6 Å². The first-order valence-corrected chi connectivity index (χ1v) is 10.5. The van der Waals surface area contributed by atoms with Gasteiger partial charge in [-0.1, -0.05) is 0 Å². The van der Waals surface area contributed by atoms with E-state index in [0.717, 1.165) is 19.4 Å². The van der Waals surface area contributed by atoms with Gasteiger partial charge in [-0.25, -0.2) is 8.42 Å². The quantitative estimate of drug-likeness (QED) is 0.631. The second-order valence-electron chi connectivity index (χ2n) is 6.87. The van der Waals surface area contributed by atoms with Gasteiger partial charge in [0.25, 0.3) is 0 Å². The van der Waals surface area contributed by atoms with Crippen LogP contribution in [0.3, 0.4) is 0 Å². The number of likely N-dealkylation sites (tertiary alicyclic amines) is 1. The number of hydrogen-bond donors (Lipinski definition) is 3. The number of carbonyl (C=O) groups is 2. The lowest BCUT2D eigenvalue weighted by molar-refractivity contribution is -0.134. The molecule has 0 saturated carbocycles. The molecule has 0 aromatic heterocycles. The zero-order valence-electron chi connectivity index (χ0n) is 16.0. The summed E-state index contributed by atoms with van der Waals surface area (Å²) in [6, 6.07) is 4.97. The Labute approximate surface area is 160 Å². The van der Waals surface area contributed by atoms with E-state index in [2.05, 4.69) is 15.4 Å². The van der Waals surface area contributed by atoms with Gasteiger partial charge in [-0.15, -0.1) is 0 Å². The number of anilines is 1. The fourth-order valence-electron chi connectivity index (χ4n) is 3.19. The number of nitrogens with one attached hydrogen (secondary N) is 3. The van der Waals surface area contributed by atoms with Gasteiger partial charge < -0.3 is 15.5 Å². The molecule has 1 aromatic rings. The summed E-state index contributed by atoms with van der Waals surface area (Å²) < 4.78 is 27.5. The van der Waals surface area contributed by atoms with Crippen LogP contribution in [0.1, 0.15) is 26.7 Å². The third kappa shape index (κ3) is 6.02. The SMILES string of the molecule is CNCC1CCN(C(=O)C(C)NS(=O)(=O)c2ccc(NC(C)=O)cc2)CC1. The first kappa shape index (κ1) is 21.3. The topological polar surface area (TPSA) is 108 Å². The van der Waals surface area contributed by atoms with E-state index in [0.29, 0.717) is 24.7 Å². The van der Waals surface area contributed by atoms with Gasteiger partial charge in [-0.3, -0.25) is 9.59 Å². The number of nitrogens with zero attached hydrogens (tertiary/aromatic N) is 1. The molecule has 0 radical (unpaired) electrons. The molecule has 2 rings (SSSR count). The Bertz CT molecular complexity index is 756. The minimum absolute atomic E-state index is 0.0454. The summed E-state index contributed by atoms with van der Waals surface area (Å²) in [4.78, 5) is 25.4. The van der Waals surface area contributed by atoms with Crippen molar-refractivity contribution in [1.29, 1.82) is 0 Å². The minimum atomic E-state index is -3.83. The van der Waals surface area contributed by atoms with E-state index in [1.54, 1.807) is 11.8 Å². The molecule has 3 N–H and O–H groups in total. The summed E-state index contributed by atoms with van der Waals surface area (Å²) in [5.41, 5.74) is 0.509. The van der Waals surface area contributed by atoms with Crippen molar-refractivity contribution >= 4 is 27.5 Å². The summed E-state index contributed by atoms with van der Waals surface area (Å²) >= 11 is 0. The Morgan fingerprint density at radius 1 is 1.19 bits per heavy atom. The maximum absolute atomic E-state index is 12.6. The fraction of sp³-hybridized carbons (Fsp3) is 0.556. The third-order valence-corrected chi connectivity index (χ3v) is 6.16. The Kier molecular flexibility index (Phi) is 7.34. The lowest BCUT2D eigenvalue weighted by Gasteiger charge is -2.33. The summed E-state index contributed by atoms with van der Waals surface area (Å²) in [5, 5.41) is 5.73. The Hall–Kier alpha value is -1.97. The van der Waals surface area contributed by atoms with Crippen molar-refractivity contribution in [3.05, 3.63) is 24.3 Å². The third-order valence-electron chi connectivity index (χ3n) is 4.61. The Balaban J connectivity index is 1.96. The van der Waals surface area contributed by atoms with Crippen molar-refractivity contribution in [2.75, 3.05) is 32.0 Å². The molecule has 0 spiro atoms. The highest BCUT2D eigenvalue weighted by molar-refractivity contribution is 7.89. The maximum Gasteiger partial charge on any atom is 0.241 e. The molecule has 1 unspecified atom stereocenters. The highest BCUT2D eigenvalue weighted by Gasteiger charge is 2.28. The number of piperidine rings is 1. The van der Waals surface area contributed by atoms with Gasteiger partial charge in [0.2, 0.25) is 21.8 Å². The molecule has 1 fully saturated rings. The van der Waals surface area contributed by atoms with Crippen LogP contribution in [0.25, 0.3) is 0 Å². The molecule has 1 aromatic carbocycles. The first-order valence-electron chi connectivity index (χ1n) is 9.06. The predicted molar refractivity (Wildman–Crippen MR) is 104 cm³/mol. The molecule has 1 aliphatic heterocycles. The summed E-state index contributed by atoms with van der Waals surface area (Å²) in [6.45, 7) is 5.15. The summed E-state index contributed by atoms with van der Waals surface area (Å²) in [7, 11) is -1.91. The number of carbonyl (C=O) groups excluding carboxylic acids is 2. The normalized spacial score (nSPS) is 16.8. The Morgan fingerprint density at radius 2 is 1.78 bits per heavy atom. The van der Waals surface area contributed by atoms with Crippen LogP contribution in [0, 0.1) is 5.92 Å². The Morgan fingerprint density at radius 3 is 2.30 bits per heavy atom. The molecule has 150 valence electrons. The molecule has 1 saturated heterocycles. The van der Waals surface area contributed by atoms with Crippen LogP contribution >= 0.6 is 0 Å². The van der Waals surface area contributed by atoms with Crippen molar-refractivity contribution in [3.63, 3.8) is 0 Å². The van der Waals surface area contributed by atoms with Crippen LogP contribution in [0.5, 0.6) is 0 Å². The molecule has 8 nitrogen and oxygen atoms in total. The van der Waals surface area contributed by atoms with Gasteiger partial charge >= 0.3 is 0 Å². The van der Waals surface area contributed by atoms with Crippen molar-refractivity contribution in [2.45, 2.75) is 37.6 Å². The van der Waals surface area contributed by atoms with E-state index >= 15 is 0 Å².